The van der Waals surface area contributed by atoms with Gasteiger partial charge in [0.2, 0.25) is 17.7 Å². The highest BCUT2D eigenvalue weighted by atomic mass is 32.1. The second kappa shape index (κ2) is 7.52. The Morgan fingerprint density at radius 2 is 2.27 bits per heavy atom. The molecule has 1 aliphatic heterocycles. The molecular formula is C20H19FN6O2S. The van der Waals surface area contributed by atoms with Gasteiger partial charge in [-0.3, -0.25) is 4.79 Å². The molecule has 1 aliphatic rings. The Bertz CT molecular complexity index is 1220. The summed E-state index contributed by atoms with van der Waals surface area (Å²) in [7, 11) is 0. The molecule has 2 atom stereocenters. The van der Waals surface area contributed by atoms with Gasteiger partial charge in [-0.1, -0.05) is 0 Å². The van der Waals surface area contributed by atoms with E-state index >= 15 is 0 Å². The van der Waals surface area contributed by atoms with E-state index in [-0.39, 0.29) is 24.8 Å². The fourth-order valence-electron chi connectivity index (χ4n) is 3.55. The maximum absolute atomic E-state index is 14.5. The summed E-state index contributed by atoms with van der Waals surface area (Å²) in [5, 5.41) is 3.84. The first kappa shape index (κ1) is 18.7. The Kier molecular flexibility index (Phi) is 4.70. The molecule has 0 aliphatic carbocycles. The number of ether oxygens (including phenoxy) is 1. The molecule has 1 fully saturated rings. The third kappa shape index (κ3) is 3.54. The number of benzene rings is 1. The van der Waals surface area contributed by atoms with Crippen molar-refractivity contribution in [2.75, 3.05) is 18.4 Å². The molecule has 0 unspecified atom stereocenters. The van der Waals surface area contributed by atoms with Crippen molar-refractivity contribution < 1.29 is 13.9 Å². The van der Waals surface area contributed by atoms with Crippen LogP contribution in [0.25, 0.3) is 21.3 Å². The van der Waals surface area contributed by atoms with E-state index in [9.17, 15) is 9.18 Å². The number of halogens is 1. The van der Waals surface area contributed by atoms with E-state index in [0.29, 0.717) is 23.5 Å². The second-order valence-electron chi connectivity index (χ2n) is 7.18. The summed E-state index contributed by atoms with van der Waals surface area (Å²) >= 11 is 1.55. The van der Waals surface area contributed by atoms with Crippen molar-refractivity contribution in [3.05, 3.63) is 36.0 Å². The number of aromatic nitrogens is 4. The van der Waals surface area contributed by atoms with Gasteiger partial charge in [0.05, 0.1) is 27.7 Å². The van der Waals surface area contributed by atoms with Crippen LogP contribution in [0.1, 0.15) is 13.3 Å². The minimum absolute atomic E-state index is 0.0919. The highest BCUT2D eigenvalue weighted by molar-refractivity contribution is 7.16. The van der Waals surface area contributed by atoms with Gasteiger partial charge in [-0.05, 0) is 30.7 Å². The molecule has 2 N–H and O–H groups in total. The molecule has 0 bridgehead atoms. The van der Waals surface area contributed by atoms with E-state index in [1.807, 2.05) is 18.2 Å². The number of alkyl halides is 1. The van der Waals surface area contributed by atoms with Crippen LogP contribution >= 0.6 is 11.3 Å². The van der Waals surface area contributed by atoms with Crippen LogP contribution in [0, 0.1) is 0 Å². The molecule has 10 heteroatoms. The maximum Gasteiger partial charge on any atom is 0.232 e. The van der Waals surface area contributed by atoms with Crippen LogP contribution in [0.2, 0.25) is 0 Å². The summed E-state index contributed by atoms with van der Waals surface area (Å²) in [6.45, 7) is 2.07. The molecular weight excluding hydrogens is 407 g/mol. The first-order chi connectivity index (χ1) is 14.6. The number of likely N-dealkylation sites (tertiary alicyclic amines) is 1. The van der Waals surface area contributed by atoms with Crippen LogP contribution in [-0.4, -0.2) is 56.1 Å². The Morgan fingerprint density at radius 1 is 1.37 bits per heavy atom. The van der Waals surface area contributed by atoms with Crippen molar-refractivity contribution in [1.29, 1.82) is 0 Å². The Morgan fingerprint density at radius 3 is 3.13 bits per heavy atom. The van der Waals surface area contributed by atoms with Crippen LogP contribution in [0.4, 0.5) is 16.0 Å². The highest BCUT2D eigenvalue weighted by Gasteiger charge is 2.33. The summed E-state index contributed by atoms with van der Waals surface area (Å²) in [5.74, 6) is 0.518. The number of nitrogens with zero attached hydrogens (tertiary/aromatic N) is 4. The molecule has 0 spiro atoms. The summed E-state index contributed by atoms with van der Waals surface area (Å²) in [4.78, 5) is 29.6. The van der Waals surface area contributed by atoms with Crippen molar-refractivity contribution in [3.8, 4) is 5.88 Å². The fourth-order valence-corrected chi connectivity index (χ4v) is 4.27. The number of anilines is 2. The molecule has 5 rings (SSSR count). The molecule has 1 saturated heterocycles. The Labute approximate surface area is 175 Å². The molecule has 154 valence electrons. The second-order valence-corrected chi connectivity index (χ2v) is 8.06. The number of hydrogen-bond acceptors (Lipinski definition) is 7. The molecule has 8 nitrogen and oxygen atoms in total. The monoisotopic (exact) mass is 426 g/mol. The largest absolute Gasteiger partial charge is 0.469 e. The molecule has 1 aromatic carbocycles. The minimum Gasteiger partial charge on any atom is -0.469 e. The van der Waals surface area contributed by atoms with Crippen molar-refractivity contribution in [1.82, 2.24) is 24.8 Å². The van der Waals surface area contributed by atoms with E-state index < -0.39 is 12.3 Å². The van der Waals surface area contributed by atoms with Gasteiger partial charge in [0, 0.05) is 25.4 Å². The van der Waals surface area contributed by atoms with E-state index in [1.165, 1.54) is 6.92 Å². The number of rotatable bonds is 4. The molecule has 1 amide bonds. The number of piperidine rings is 1. The Hall–Kier alpha value is -3.27. The van der Waals surface area contributed by atoms with E-state index in [4.69, 9.17) is 4.74 Å². The predicted octanol–water partition coefficient (Wildman–Crippen LogP) is 3.65. The van der Waals surface area contributed by atoms with Crippen molar-refractivity contribution in [2.24, 2.45) is 0 Å². The molecule has 30 heavy (non-hydrogen) atoms. The van der Waals surface area contributed by atoms with Crippen molar-refractivity contribution in [3.63, 3.8) is 0 Å². The average molecular weight is 426 g/mol. The van der Waals surface area contributed by atoms with Gasteiger partial charge >= 0.3 is 0 Å². The number of hydrogen-bond donors (Lipinski definition) is 2. The van der Waals surface area contributed by atoms with Crippen molar-refractivity contribution >= 4 is 50.1 Å². The van der Waals surface area contributed by atoms with Crippen LogP contribution in [-0.2, 0) is 4.79 Å². The number of aromatic amines is 1. The number of carbonyl (C=O) groups is 1. The lowest BCUT2D eigenvalue weighted by atomic mass is 10.1. The molecule has 3 aromatic heterocycles. The molecule has 4 aromatic rings. The third-order valence-corrected chi connectivity index (χ3v) is 5.95. The summed E-state index contributed by atoms with van der Waals surface area (Å²) in [6.07, 6.45) is 0.0207. The fraction of sp³-hybridized carbons (Fsp3) is 0.300. The molecule has 0 saturated carbocycles. The SMILES string of the molecule is CC(=O)N1CC[C@H](F)[C@H](Oc2nc(Nc3ccc4ncsc4c3)nc3[nH]ccc23)C1. The third-order valence-electron chi connectivity index (χ3n) is 5.16. The Balaban J connectivity index is 1.44. The standard InChI is InChI=1S/C20H19FN6O2S/c1-11(28)27-7-5-14(21)16(9-27)29-19-13-4-6-22-18(13)25-20(26-19)24-12-2-3-15-17(8-12)30-10-23-15/h2-4,6,8,10,14,16H,5,7,9H2,1H3,(H2,22,24,25,26)/t14-,16+/m0/s1. The minimum atomic E-state index is -1.17. The van der Waals surface area contributed by atoms with Gasteiger partial charge in [0.1, 0.15) is 17.9 Å². The van der Waals surface area contributed by atoms with Crippen LogP contribution in [0.15, 0.2) is 36.0 Å². The predicted molar refractivity (Wildman–Crippen MR) is 113 cm³/mol. The van der Waals surface area contributed by atoms with Crippen LogP contribution in [0.3, 0.4) is 0 Å². The lowest BCUT2D eigenvalue weighted by Crippen LogP contribution is -2.49. The smallest absolute Gasteiger partial charge is 0.232 e. The first-order valence-electron chi connectivity index (χ1n) is 9.58. The molecule has 4 heterocycles. The van der Waals surface area contributed by atoms with Gasteiger partial charge < -0.3 is 19.9 Å². The number of carbonyl (C=O) groups excluding carboxylic acids is 1. The van der Waals surface area contributed by atoms with Crippen molar-refractivity contribution in [2.45, 2.75) is 25.6 Å². The number of H-pyrrole nitrogens is 1. The number of nitrogens with one attached hydrogen (secondary N) is 2. The molecule has 0 radical (unpaired) electrons. The first-order valence-corrected chi connectivity index (χ1v) is 10.5. The van der Waals surface area contributed by atoms with E-state index in [1.54, 1.807) is 34.0 Å². The number of fused-ring (bicyclic) bond motifs is 2. The number of thiazole rings is 1. The zero-order valence-electron chi connectivity index (χ0n) is 16.1. The van der Waals surface area contributed by atoms with Gasteiger partial charge in [0.25, 0.3) is 0 Å². The zero-order chi connectivity index (χ0) is 20.7. The van der Waals surface area contributed by atoms with Gasteiger partial charge in [0.15, 0.2) is 0 Å². The average Bonchev–Trinajstić information content (AvgIpc) is 3.38. The highest BCUT2D eigenvalue weighted by Crippen LogP contribution is 2.29. The summed E-state index contributed by atoms with van der Waals surface area (Å²) < 4.78 is 21.5. The number of amides is 1. The summed E-state index contributed by atoms with van der Waals surface area (Å²) in [5.41, 5.74) is 4.11. The lowest BCUT2D eigenvalue weighted by molar-refractivity contribution is -0.132. The van der Waals surface area contributed by atoms with Crippen LogP contribution < -0.4 is 10.1 Å². The van der Waals surface area contributed by atoms with Gasteiger partial charge in [-0.2, -0.15) is 9.97 Å². The maximum atomic E-state index is 14.5. The van der Waals surface area contributed by atoms with Gasteiger partial charge in [-0.15, -0.1) is 11.3 Å². The van der Waals surface area contributed by atoms with Gasteiger partial charge in [-0.25, -0.2) is 9.37 Å². The quantitative estimate of drug-likeness (QED) is 0.517. The van der Waals surface area contributed by atoms with Crippen LogP contribution in [0.5, 0.6) is 5.88 Å². The normalized spacial score (nSPS) is 19.3. The van der Waals surface area contributed by atoms with E-state index in [0.717, 1.165) is 15.9 Å². The topological polar surface area (TPSA) is 96.0 Å². The lowest BCUT2D eigenvalue weighted by Gasteiger charge is -2.34. The summed E-state index contributed by atoms with van der Waals surface area (Å²) in [6, 6.07) is 7.58. The van der Waals surface area contributed by atoms with E-state index in [2.05, 4.69) is 25.3 Å². The zero-order valence-corrected chi connectivity index (χ0v) is 16.9.